The third-order valence-corrected chi connectivity index (χ3v) is 4.93. The smallest absolute Gasteiger partial charge is 0.342 e. The van der Waals surface area contributed by atoms with Gasteiger partial charge in [0.1, 0.15) is 0 Å². The van der Waals surface area contributed by atoms with E-state index in [2.05, 4.69) is 5.32 Å². The summed E-state index contributed by atoms with van der Waals surface area (Å²) < 4.78 is 5.49. The highest BCUT2D eigenvalue weighted by Gasteiger charge is 2.28. The maximum Gasteiger partial charge on any atom is 0.342 e. The molecule has 3 aromatic rings. The van der Waals surface area contributed by atoms with Gasteiger partial charge in [-0.3, -0.25) is 4.79 Å². The van der Waals surface area contributed by atoms with E-state index in [0.717, 1.165) is 0 Å². The number of benzene rings is 3. The van der Waals surface area contributed by atoms with E-state index in [9.17, 15) is 9.59 Å². The molecule has 0 aliphatic rings. The Balaban J connectivity index is 1.91. The first-order valence-corrected chi connectivity index (χ1v) is 9.83. The molecule has 3 aromatic carbocycles. The molecule has 1 atom stereocenters. The molecule has 1 N–H and O–H groups in total. The van der Waals surface area contributed by atoms with Crippen molar-refractivity contribution in [2.75, 3.05) is 5.32 Å². The predicted octanol–water partition coefficient (Wildman–Crippen LogP) is 6.84. The second-order valence-corrected chi connectivity index (χ2v) is 7.63. The van der Waals surface area contributed by atoms with Crippen molar-refractivity contribution in [2.24, 2.45) is 0 Å². The normalized spacial score (nSPS) is 11.6. The van der Waals surface area contributed by atoms with E-state index in [0.29, 0.717) is 21.3 Å². The van der Waals surface area contributed by atoms with E-state index in [-0.39, 0.29) is 15.6 Å². The number of amides is 1. The minimum absolute atomic E-state index is 0.0182. The number of rotatable bonds is 5. The maximum absolute atomic E-state index is 12.9. The van der Waals surface area contributed by atoms with Gasteiger partial charge in [-0.25, -0.2) is 4.79 Å². The SMILES string of the molecule is O=C(OC(C(=O)Nc1cc(Cl)cc(Cl)c1)c1ccccc1)c1c(Cl)cccc1Cl. The molecule has 148 valence electrons. The summed E-state index contributed by atoms with van der Waals surface area (Å²) in [6, 6.07) is 17.8. The summed E-state index contributed by atoms with van der Waals surface area (Å²) in [6.07, 6.45) is -1.26. The van der Waals surface area contributed by atoms with Gasteiger partial charge in [0, 0.05) is 21.3 Å². The lowest BCUT2D eigenvalue weighted by atomic mass is 10.1. The Hall–Kier alpha value is -2.24. The second kappa shape index (κ2) is 9.51. The van der Waals surface area contributed by atoms with E-state index in [1.165, 1.54) is 30.3 Å². The Morgan fingerprint density at radius 1 is 0.793 bits per heavy atom. The number of carbonyl (C=O) groups excluding carboxylic acids is 2. The third kappa shape index (κ3) is 5.43. The fourth-order valence-corrected chi connectivity index (χ4v) is 3.67. The molecular weight excluding hydrogens is 456 g/mol. The Kier molecular flexibility index (Phi) is 7.04. The number of nitrogens with one attached hydrogen (secondary N) is 1. The van der Waals surface area contributed by atoms with Crippen LogP contribution in [0.25, 0.3) is 0 Å². The van der Waals surface area contributed by atoms with Gasteiger partial charge in [0.15, 0.2) is 0 Å². The number of halogens is 4. The number of ether oxygens (including phenoxy) is 1. The summed E-state index contributed by atoms with van der Waals surface area (Å²) in [5.41, 5.74) is 0.810. The molecule has 0 aliphatic carbocycles. The Morgan fingerprint density at radius 2 is 1.38 bits per heavy atom. The zero-order valence-corrected chi connectivity index (χ0v) is 17.7. The summed E-state index contributed by atoms with van der Waals surface area (Å²) in [4.78, 5) is 25.7. The van der Waals surface area contributed by atoms with Crippen LogP contribution in [0.3, 0.4) is 0 Å². The van der Waals surface area contributed by atoms with Crippen LogP contribution in [0.2, 0.25) is 20.1 Å². The molecule has 3 rings (SSSR count). The first-order chi connectivity index (χ1) is 13.8. The van der Waals surface area contributed by atoms with Crippen molar-refractivity contribution in [3.8, 4) is 0 Å². The molecule has 0 saturated carbocycles. The summed E-state index contributed by atoms with van der Waals surface area (Å²) in [5.74, 6) is -1.42. The first kappa shape index (κ1) is 21.5. The van der Waals surface area contributed by atoms with Crippen molar-refractivity contribution in [2.45, 2.75) is 6.10 Å². The molecule has 0 aliphatic heterocycles. The lowest BCUT2D eigenvalue weighted by Gasteiger charge is -2.19. The average molecular weight is 469 g/mol. The summed E-state index contributed by atoms with van der Waals surface area (Å²) in [7, 11) is 0. The molecule has 0 bridgehead atoms. The molecule has 1 unspecified atom stereocenters. The minimum atomic E-state index is -1.26. The van der Waals surface area contributed by atoms with Crippen LogP contribution >= 0.6 is 46.4 Å². The molecule has 8 heteroatoms. The zero-order valence-electron chi connectivity index (χ0n) is 14.7. The first-order valence-electron chi connectivity index (χ1n) is 8.32. The van der Waals surface area contributed by atoms with Gasteiger partial charge in [-0.1, -0.05) is 82.8 Å². The molecule has 4 nitrogen and oxygen atoms in total. The third-order valence-electron chi connectivity index (χ3n) is 3.86. The van der Waals surface area contributed by atoms with E-state index in [1.807, 2.05) is 0 Å². The highest BCUT2D eigenvalue weighted by Crippen LogP contribution is 2.29. The van der Waals surface area contributed by atoms with Crippen LogP contribution in [0.1, 0.15) is 22.0 Å². The maximum atomic E-state index is 12.9. The highest BCUT2D eigenvalue weighted by atomic mass is 35.5. The largest absolute Gasteiger partial charge is 0.444 e. The fraction of sp³-hybridized carbons (Fsp3) is 0.0476. The van der Waals surface area contributed by atoms with Crippen molar-refractivity contribution in [3.63, 3.8) is 0 Å². The molecule has 0 aromatic heterocycles. The van der Waals surface area contributed by atoms with Gasteiger partial charge in [0.05, 0.1) is 15.6 Å². The Morgan fingerprint density at radius 3 is 1.97 bits per heavy atom. The molecule has 0 spiro atoms. The van der Waals surface area contributed by atoms with Crippen LogP contribution in [0.15, 0.2) is 66.7 Å². The molecule has 0 radical (unpaired) electrons. The quantitative estimate of drug-likeness (QED) is 0.417. The lowest BCUT2D eigenvalue weighted by Crippen LogP contribution is -2.26. The highest BCUT2D eigenvalue weighted by molar-refractivity contribution is 6.39. The van der Waals surface area contributed by atoms with Crippen molar-refractivity contribution in [1.82, 2.24) is 0 Å². The topological polar surface area (TPSA) is 55.4 Å². The predicted molar refractivity (Wildman–Crippen MR) is 116 cm³/mol. The van der Waals surface area contributed by atoms with Gasteiger partial charge in [-0.2, -0.15) is 0 Å². The number of anilines is 1. The van der Waals surface area contributed by atoms with Crippen LogP contribution in [0.4, 0.5) is 5.69 Å². The van der Waals surface area contributed by atoms with Crippen molar-refractivity contribution in [1.29, 1.82) is 0 Å². The van der Waals surface area contributed by atoms with Gasteiger partial charge in [-0.05, 0) is 30.3 Å². The average Bonchev–Trinajstić information content (AvgIpc) is 2.65. The second-order valence-electron chi connectivity index (χ2n) is 5.94. The van der Waals surface area contributed by atoms with Crippen molar-refractivity contribution >= 4 is 64.0 Å². The van der Waals surface area contributed by atoms with Gasteiger partial charge in [0.2, 0.25) is 6.10 Å². The monoisotopic (exact) mass is 467 g/mol. The van der Waals surface area contributed by atoms with E-state index >= 15 is 0 Å². The molecule has 1 amide bonds. The van der Waals surface area contributed by atoms with E-state index in [1.54, 1.807) is 36.4 Å². The van der Waals surface area contributed by atoms with Gasteiger partial charge in [0.25, 0.3) is 5.91 Å². The van der Waals surface area contributed by atoms with Gasteiger partial charge in [-0.15, -0.1) is 0 Å². The number of hydrogen-bond acceptors (Lipinski definition) is 3. The van der Waals surface area contributed by atoms with Crippen LogP contribution < -0.4 is 5.32 Å². The van der Waals surface area contributed by atoms with E-state index < -0.39 is 18.0 Å². The van der Waals surface area contributed by atoms with Crippen LogP contribution in [0, 0.1) is 0 Å². The fourth-order valence-electron chi connectivity index (χ4n) is 2.59. The van der Waals surface area contributed by atoms with Crippen molar-refractivity contribution < 1.29 is 14.3 Å². The lowest BCUT2D eigenvalue weighted by molar-refractivity contribution is -0.125. The zero-order chi connectivity index (χ0) is 21.0. The Labute approximate surface area is 187 Å². The molecule has 0 saturated heterocycles. The molecule has 0 heterocycles. The Bertz CT molecular complexity index is 1020. The van der Waals surface area contributed by atoms with E-state index in [4.69, 9.17) is 51.1 Å². The van der Waals surface area contributed by atoms with Crippen LogP contribution in [-0.2, 0) is 9.53 Å². The molecular formula is C21H13Cl4NO3. The minimum Gasteiger partial charge on any atom is -0.444 e. The van der Waals surface area contributed by atoms with Gasteiger partial charge < -0.3 is 10.1 Å². The number of hydrogen-bond donors (Lipinski definition) is 1. The number of esters is 1. The van der Waals surface area contributed by atoms with Crippen molar-refractivity contribution in [3.05, 3.63) is 97.9 Å². The molecule has 29 heavy (non-hydrogen) atoms. The summed E-state index contributed by atoms with van der Waals surface area (Å²) in [6.45, 7) is 0. The van der Waals surface area contributed by atoms with Crippen LogP contribution in [0.5, 0.6) is 0 Å². The molecule has 0 fully saturated rings. The number of carbonyl (C=O) groups is 2. The van der Waals surface area contributed by atoms with Gasteiger partial charge >= 0.3 is 5.97 Å². The standard InChI is InChI=1S/C21H13Cl4NO3/c22-13-9-14(23)11-15(10-13)26-20(27)19(12-5-2-1-3-6-12)29-21(28)18-16(24)7-4-8-17(18)25/h1-11,19H,(H,26,27). The summed E-state index contributed by atoms with van der Waals surface area (Å²) >= 11 is 24.1. The summed E-state index contributed by atoms with van der Waals surface area (Å²) in [5, 5.41) is 3.60. The van der Waals surface area contributed by atoms with Crippen LogP contribution in [-0.4, -0.2) is 11.9 Å².